The average molecular weight is 519 g/mol. The molecule has 36 heavy (non-hydrogen) atoms. The van der Waals surface area contributed by atoms with Crippen molar-refractivity contribution in [3.8, 4) is 0 Å². The van der Waals surface area contributed by atoms with E-state index in [1.54, 1.807) is 56.2 Å². The second-order valence-corrected chi connectivity index (χ2v) is 11.6. The molecule has 7 nitrogen and oxygen atoms in total. The number of amides is 2. The lowest BCUT2D eigenvalue weighted by molar-refractivity contribution is -0.124. The first-order chi connectivity index (χ1) is 16.9. The maximum absolute atomic E-state index is 14.0. The Hall–Kier alpha value is -2.68. The highest BCUT2D eigenvalue weighted by Gasteiger charge is 2.34. The Morgan fingerprint density at radius 2 is 1.78 bits per heavy atom. The van der Waals surface area contributed by atoms with Crippen LogP contribution in [0.3, 0.4) is 0 Å². The first-order valence-corrected chi connectivity index (χ1v) is 13.5. The highest BCUT2D eigenvalue weighted by Crippen LogP contribution is 2.28. The quantitative estimate of drug-likeness (QED) is 0.423. The van der Waals surface area contributed by atoms with Gasteiger partial charge in [-0.2, -0.15) is 0 Å². The molecular weight excluding hydrogens is 479 g/mol. The molecule has 2 aromatic rings. The molecule has 1 unspecified atom stereocenters. The lowest BCUT2D eigenvalue weighted by atomic mass is 10.0. The van der Waals surface area contributed by atoms with E-state index in [0.717, 1.165) is 36.8 Å². The molecule has 0 bridgehead atoms. The predicted molar refractivity (Wildman–Crippen MR) is 143 cm³/mol. The van der Waals surface area contributed by atoms with Gasteiger partial charge in [-0.25, -0.2) is 14.2 Å². The third-order valence-electron chi connectivity index (χ3n) is 6.02. The van der Waals surface area contributed by atoms with E-state index in [1.807, 2.05) is 19.2 Å². The zero-order chi connectivity index (χ0) is 26.5. The van der Waals surface area contributed by atoms with Gasteiger partial charge in [0.2, 0.25) is 5.91 Å². The van der Waals surface area contributed by atoms with E-state index >= 15 is 0 Å². The summed E-state index contributed by atoms with van der Waals surface area (Å²) in [7, 11) is 1.60. The van der Waals surface area contributed by atoms with E-state index in [1.165, 1.54) is 23.5 Å². The Kier molecular flexibility index (Phi) is 9.33. The SMILES string of the molecule is CC(C)CC(C(=O)N(Cc1csc(N2CCCCC2)n1)c1ccc(F)cc1)N(C)C(=O)OC(C)(C)C. The van der Waals surface area contributed by atoms with Crippen molar-refractivity contribution in [2.75, 3.05) is 29.9 Å². The molecular formula is C27H39FN4O3S. The van der Waals surface area contributed by atoms with E-state index < -0.39 is 17.7 Å². The van der Waals surface area contributed by atoms with Crippen LogP contribution < -0.4 is 9.80 Å². The number of ether oxygens (including phenoxy) is 1. The maximum atomic E-state index is 14.0. The van der Waals surface area contributed by atoms with Crippen LogP contribution in [0.25, 0.3) is 0 Å². The number of hydrogen-bond acceptors (Lipinski definition) is 6. The topological polar surface area (TPSA) is 66.0 Å². The van der Waals surface area contributed by atoms with Gasteiger partial charge in [0, 0.05) is 31.2 Å². The molecule has 1 aliphatic rings. The van der Waals surface area contributed by atoms with E-state index in [9.17, 15) is 14.0 Å². The van der Waals surface area contributed by atoms with E-state index in [4.69, 9.17) is 9.72 Å². The van der Waals surface area contributed by atoms with Crippen LogP contribution in [0.1, 0.15) is 66.0 Å². The number of anilines is 2. The van der Waals surface area contributed by atoms with Crippen molar-refractivity contribution in [1.29, 1.82) is 0 Å². The molecule has 0 N–H and O–H groups in total. The van der Waals surface area contributed by atoms with Crippen LogP contribution >= 0.6 is 11.3 Å². The smallest absolute Gasteiger partial charge is 0.410 e. The van der Waals surface area contributed by atoms with E-state index in [0.29, 0.717) is 12.1 Å². The second-order valence-electron chi connectivity index (χ2n) is 10.8. The largest absolute Gasteiger partial charge is 0.444 e. The third-order valence-corrected chi connectivity index (χ3v) is 6.97. The molecule has 0 spiro atoms. The third kappa shape index (κ3) is 7.66. The van der Waals surface area contributed by atoms with Crippen molar-refractivity contribution in [3.63, 3.8) is 0 Å². The van der Waals surface area contributed by atoms with Crippen molar-refractivity contribution in [1.82, 2.24) is 9.88 Å². The minimum atomic E-state index is -0.745. The molecule has 1 fully saturated rings. The molecule has 198 valence electrons. The van der Waals surface area contributed by atoms with Gasteiger partial charge in [-0.05, 0) is 76.6 Å². The van der Waals surface area contributed by atoms with Gasteiger partial charge in [0.1, 0.15) is 17.5 Å². The number of thiazole rings is 1. The minimum absolute atomic E-state index is 0.156. The predicted octanol–water partition coefficient (Wildman–Crippen LogP) is 6.09. The number of piperidine rings is 1. The van der Waals surface area contributed by atoms with Gasteiger partial charge in [0.25, 0.3) is 0 Å². The van der Waals surface area contributed by atoms with Crippen molar-refractivity contribution < 1.29 is 18.7 Å². The molecule has 3 rings (SSSR count). The Balaban J connectivity index is 1.90. The fourth-order valence-corrected chi connectivity index (χ4v) is 5.06. The van der Waals surface area contributed by atoms with Crippen LogP contribution in [0.15, 0.2) is 29.6 Å². The second kappa shape index (κ2) is 12.0. The summed E-state index contributed by atoms with van der Waals surface area (Å²) in [5, 5.41) is 2.93. The highest BCUT2D eigenvalue weighted by molar-refractivity contribution is 7.13. The highest BCUT2D eigenvalue weighted by atomic mass is 32.1. The first-order valence-electron chi connectivity index (χ1n) is 12.7. The monoisotopic (exact) mass is 518 g/mol. The van der Waals surface area contributed by atoms with Gasteiger partial charge >= 0.3 is 6.09 Å². The Morgan fingerprint density at radius 1 is 1.14 bits per heavy atom. The lowest BCUT2D eigenvalue weighted by Gasteiger charge is -2.34. The lowest BCUT2D eigenvalue weighted by Crippen LogP contribution is -2.51. The molecule has 2 heterocycles. The maximum Gasteiger partial charge on any atom is 0.410 e. The number of benzene rings is 1. The summed E-state index contributed by atoms with van der Waals surface area (Å²) in [6.07, 6.45) is 3.46. The Bertz CT molecular complexity index is 1010. The van der Waals surface area contributed by atoms with Crippen LogP contribution in [0, 0.1) is 11.7 Å². The molecule has 1 aromatic heterocycles. The van der Waals surface area contributed by atoms with Gasteiger partial charge in [0.15, 0.2) is 5.13 Å². The van der Waals surface area contributed by atoms with Gasteiger partial charge in [-0.1, -0.05) is 13.8 Å². The summed E-state index contributed by atoms with van der Waals surface area (Å²) in [5.41, 5.74) is 0.639. The van der Waals surface area contributed by atoms with Crippen LogP contribution in [0.2, 0.25) is 0 Å². The first kappa shape index (κ1) is 27.9. The van der Waals surface area contributed by atoms with Crippen LogP contribution in [-0.2, 0) is 16.1 Å². The Labute approximate surface area is 218 Å². The summed E-state index contributed by atoms with van der Waals surface area (Å²) in [6, 6.07) is 5.11. The van der Waals surface area contributed by atoms with Crippen LogP contribution in [0.5, 0.6) is 0 Å². The average Bonchev–Trinajstić information content (AvgIpc) is 3.29. The summed E-state index contributed by atoms with van der Waals surface area (Å²) in [5.74, 6) is -0.475. The molecule has 1 atom stereocenters. The number of nitrogens with zero attached hydrogens (tertiary/aromatic N) is 4. The number of hydrogen-bond donors (Lipinski definition) is 0. The Morgan fingerprint density at radius 3 is 2.36 bits per heavy atom. The minimum Gasteiger partial charge on any atom is -0.444 e. The molecule has 2 amide bonds. The molecule has 9 heteroatoms. The molecule has 0 aliphatic carbocycles. The van der Waals surface area contributed by atoms with Crippen molar-refractivity contribution in [2.24, 2.45) is 5.92 Å². The number of halogens is 1. The van der Waals surface area contributed by atoms with E-state index in [-0.39, 0.29) is 24.2 Å². The normalized spacial score (nSPS) is 15.1. The number of aromatic nitrogens is 1. The van der Waals surface area contributed by atoms with Gasteiger partial charge < -0.3 is 14.5 Å². The van der Waals surface area contributed by atoms with Gasteiger partial charge in [0.05, 0.1) is 12.2 Å². The van der Waals surface area contributed by atoms with Gasteiger partial charge in [-0.3, -0.25) is 9.69 Å². The van der Waals surface area contributed by atoms with Crippen molar-refractivity contribution in [2.45, 2.75) is 78.5 Å². The zero-order valence-corrected chi connectivity index (χ0v) is 23.1. The van der Waals surface area contributed by atoms with Gasteiger partial charge in [-0.15, -0.1) is 11.3 Å². The van der Waals surface area contributed by atoms with Crippen molar-refractivity contribution >= 4 is 34.2 Å². The van der Waals surface area contributed by atoms with Crippen LogP contribution in [-0.4, -0.2) is 53.7 Å². The van der Waals surface area contributed by atoms with Crippen molar-refractivity contribution in [3.05, 3.63) is 41.2 Å². The number of carbonyl (C=O) groups is 2. The molecule has 1 aliphatic heterocycles. The number of rotatable bonds is 8. The number of carbonyl (C=O) groups excluding carboxylic acids is 2. The summed E-state index contributed by atoms with van der Waals surface area (Å²) >= 11 is 1.58. The van der Waals surface area contributed by atoms with Crippen LogP contribution in [0.4, 0.5) is 20.0 Å². The summed E-state index contributed by atoms with van der Waals surface area (Å²) < 4.78 is 19.3. The number of likely N-dealkylation sites (N-methyl/N-ethyl adjacent to an activating group) is 1. The molecule has 0 saturated carbocycles. The molecule has 0 radical (unpaired) electrons. The molecule has 1 saturated heterocycles. The van der Waals surface area contributed by atoms with E-state index in [2.05, 4.69) is 4.90 Å². The standard InChI is InChI=1S/C27H39FN4O3S/c1-19(2)16-23(30(6)26(34)35-27(3,4)5)24(33)32(22-12-10-20(28)11-13-22)17-21-18-36-25(29-21)31-14-8-7-9-15-31/h10-13,18-19,23H,7-9,14-17H2,1-6H3. The zero-order valence-electron chi connectivity index (χ0n) is 22.3. The fourth-order valence-electron chi connectivity index (χ4n) is 4.19. The summed E-state index contributed by atoms with van der Waals surface area (Å²) in [4.78, 5) is 37.0. The molecule has 1 aromatic carbocycles. The summed E-state index contributed by atoms with van der Waals surface area (Å²) in [6.45, 7) is 11.6. The fraction of sp³-hybridized carbons (Fsp3) is 0.593.